The van der Waals surface area contributed by atoms with Gasteiger partial charge < -0.3 is 10.6 Å². The predicted octanol–water partition coefficient (Wildman–Crippen LogP) is 3.44. The first kappa shape index (κ1) is 20.8. The third kappa shape index (κ3) is 4.86. The summed E-state index contributed by atoms with van der Waals surface area (Å²) < 4.78 is 0. The highest BCUT2D eigenvalue weighted by Gasteiger charge is 2.23. The van der Waals surface area contributed by atoms with E-state index in [1.807, 2.05) is 24.0 Å². The van der Waals surface area contributed by atoms with E-state index in [9.17, 15) is 4.79 Å². The Morgan fingerprint density at radius 3 is 2.50 bits per heavy atom. The maximum atomic E-state index is 12.7. The average Bonchev–Trinajstić information content (AvgIpc) is 3.03. The number of hydrogen-bond donors (Lipinski definition) is 1. The van der Waals surface area contributed by atoms with Gasteiger partial charge in [-0.2, -0.15) is 0 Å². The van der Waals surface area contributed by atoms with Gasteiger partial charge in [0.1, 0.15) is 0 Å². The molecule has 0 atom stereocenters. The summed E-state index contributed by atoms with van der Waals surface area (Å²) in [5.41, 5.74) is 8.17. The first-order chi connectivity index (χ1) is 10.6. The molecule has 0 radical (unpaired) electrons. The van der Waals surface area contributed by atoms with E-state index in [2.05, 4.69) is 22.4 Å². The van der Waals surface area contributed by atoms with E-state index in [-0.39, 0.29) is 30.7 Å². The summed E-state index contributed by atoms with van der Waals surface area (Å²) in [7, 11) is 0. The third-order valence-corrected chi connectivity index (χ3v) is 4.97. The fourth-order valence-electron chi connectivity index (χ4n) is 2.77. The van der Waals surface area contributed by atoms with Gasteiger partial charge in [-0.1, -0.05) is 12.1 Å². The number of piperazine rings is 1. The Hall–Kier alpha value is -1.27. The number of halogens is 2. The fraction of sp³-hybridized carbons (Fsp3) is 0.353. The highest BCUT2D eigenvalue weighted by Crippen LogP contribution is 2.18. The smallest absolute Gasteiger partial charge is 0.254 e. The maximum absolute atomic E-state index is 12.7. The zero-order valence-corrected chi connectivity index (χ0v) is 16.1. The van der Waals surface area contributed by atoms with Gasteiger partial charge >= 0.3 is 0 Å². The number of carbonyl (C=O) groups excluding carboxylic acids is 1. The van der Waals surface area contributed by atoms with Crippen LogP contribution in [-0.4, -0.2) is 41.9 Å². The van der Waals surface area contributed by atoms with Gasteiger partial charge in [-0.15, -0.1) is 36.2 Å². The van der Waals surface area contributed by atoms with Crippen molar-refractivity contribution >= 4 is 47.7 Å². The van der Waals surface area contributed by atoms with Gasteiger partial charge in [0, 0.05) is 48.9 Å². The number of amides is 1. The van der Waals surface area contributed by atoms with Crippen molar-refractivity contribution in [1.29, 1.82) is 0 Å². The Morgan fingerprint density at radius 2 is 1.88 bits per heavy atom. The van der Waals surface area contributed by atoms with Crippen LogP contribution >= 0.6 is 36.2 Å². The van der Waals surface area contributed by atoms with Crippen LogP contribution in [0.3, 0.4) is 0 Å². The summed E-state index contributed by atoms with van der Waals surface area (Å²) in [5.74, 6) is 0.0978. The molecule has 0 spiro atoms. The lowest BCUT2D eigenvalue weighted by Gasteiger charge is -2.34. The zero-order chi connectivity index (χ0) is 15.5. The molecule has 1 aromatic carbocycles. The third-order valence-electron chi connectivity index (χ3n) is 4.11. The average molecular weight is 388 g/mol. The summed E-state index contributed by atoms with van der Waals surface area (Å²) in [6, 6.07) is 9.79. The molecule has 1 aliphatic rings. The molecule has 3 rings (SSSR count). The quantitative estimate of drug-likeness (QED) is 0.820. The Kier molecular flexibility index (Phi) is 8.03. The molecule has 7 heteroatoms. The molecule has 2 heterocycles. The summed E-state index contributed by atoms with van der Waals surface area (Å²) in [6.45, 7) is 6.34. The monoisotopic (exact) mass is 387 g/mol. The molecule has 1 amide bonds. The molecule has 2 aromatic rings. The SMILES string of the molecule is Cc1ccc(N)cc1C(=O)N1CCN(Cc2cccs2)CC1.Cl.Cl. The molecule has 1 aliphatic heterocycles. The number of aryl methyl sites for hydroxylation is 1. The minimum absolute atomic E-state index is 0. The van der Waals surface area contributed by atoms with Crippen LogP contribution < -0.4 is 5.73 Å². The first-order valence-electron chi connectivity index (χ1n) is 7.53. The number of thiophene rings is 1. The van der Waals surface area contributed by atoms with Gasteiger partial charge in [0.2, 0.25) is 0 Å². The van der Waals surface area contributed by atoms with Crippen molar-refractivity contribution in [3.8, 4) is 0 Å². The number of rotatable bonds is 3. The van der Waals surface area contributed by atoms with Crippen molar-refractivity contribution in [2.45, 2.75) is 13.5 Å². The number of benzene rings is 1. The molecule has 1 aromatic heterocycles. The van der Waals surface area contributed by atoms with Crippen LogP contribution in [0, 0.1) is 6.92 Å². The maximum Gasteiger partial charge on any atom is 0.254 e. The number of nitrogens with two attached hydrogens (primary N) is 1. The zero-order valence-electron chi connectivity index (χ0n) is 13.6. The molecule has 1 fully saturated rings. The van der Waals surface area contributed by atoms with Crippen LogP contribution in [0.2, 0.25) is 0 Å². The summed E-state index contributed by atoms with van der Waals surface area (Å²) in [5, 5.41) is 2.11. The Balaban J connectivity index is 0.00000144. The lowest BCUT2D eigenvalue weighted by Crippen LogP contribution is -2.48. The number of hydrogen-bond acceptors (Lipinski definition) is 4. The van der Waals surface area contributed by atoms with Crippen LogP contribution in [0.1, 0.15) is 20.8 Å². The highest BCUT2D eigenvalue weighted by atomic mass is 35.5. The summed E-state index contributed by atoms with van der Waals surface area (Å²) >= 11 is 1.79. The standard InChI is InChI=1S/C17H21N3OS.2ClH/c1-13-4-5-14(18)11-16(13)17(21)20-8-6-19(7-9-20)12-15-3-2-10-22-15;;/h2-5,10-11H,6-9,12,18H2,1H3;2*1H. The molecule has 4 nitrogen and oxygen atoms in total. The van der Waals surface area contributed by atoms with Crippen LogP contribution in [0.5, 0.6) is 0 Å². The number of carbonyl (C=O) groups is 1. The molecule has 0 saturated carbocycles. The molecule has 0 aliphatic carbocycles. The molecule has 24 heavy (non-hydrogen) atoms. The van der Waals surface area contributed by atoms with Gasteiger partial charge in [0.25, 0.3) is 5.91 Å². The van der Waals surface area contributed by atoms with Crippen molar-refractivity contribution in [2.24, 2.45) is 0 Å². The van der Waals surface area contributed by atoms with E-state index in [1.165, 1.54) is 4.88 Å². The van der Waals surface area contributed by atoms with Crippen molar-refractivity contribution in [1.82, 2.24) is 9.80 Å². The number of nitrogen functional groups attached to an aromatic ring is 1. The van der Waals surface area contributed by atoms with Gasteiger partial charge in [0.15, 0.2) is 0 Å². The van der Waals surface area contributed by atoms with Crippen molar-refractivity contribution in [3.05, 3.63) is 51.7 Å². The second-order valence-corrected chi connectivity index (χ2v) is 6.75. The molecule has 132 valence electrons. The van der Waals surface area contributed by atoms with E-state index in [0.29, 0.717) is 5.69 Å². The molecule has 2 N–H and O–H groups in total. The second kappa shape index (κ2) is 9.28. The van der Waals surface area contributed by atoms with E-state index in [4.69, 9.17) is 5.73 Å². The minimum Gasteiger partial charge on any atom is -0.399 e. The van der Waals surface area contributed by atoms with E-state index in [0.717, 1.165) is 43.9 Å². The fourth-order valence-corrected chi connectivity index (χ4v) is 3.52. The first-order valence-corrected chi connectivity index (χ1v) is 8.41. The topological polar surface area (TPSA) is 49.6 Å². The Morgan fingerprint density at radius 1 is 1.17 bits per heavy atom. The van der Waals surface area contributed by atoms with Crippen LogP contribution in [0.25, 0.3) is 0 Å². The Labute approximate surface area is 159 Å². The van der Waals surface area contributed by atoms with E-state index >= 15 is 0 Å². The van der Waals surface area contributed by atoms with Gasteiger partial charge in [-0.25, -0.2) is 0 Å². The lowest BCUT2D eigenvalue weighted by atomic mass is 10.1. The molecule has 0 unspecified atom stereocenters. The largest absolute Gasteiger partial charge is 0.399 e. The number of anilines is 1. The van der Waals surface area contributed by atoms with Gasteiger partial charge in [-0.3, -0.25) is 9.69 Å². The van der Waals surface area contributed by atoms with E-state index < -0.39 is 0 Å². The Bertz CT molecular complexity index is 656. The number of nitrogens with zero attached hydrogens (tertiary/aromatic N) is 2. The molecular weight excluding hydrogens is 365 g/mol. The molecule has 1 saturated heterocycles. The normalized spacial score (nSPS) is 14.6. The summed E-state index contributed by atoms with van der Waals surface area (Å²) in [6.07, 6.45) is 0. The van der Waals surface area contributed by atoms with Crippen molar-refractivity contribution in [3.63, 3.8) is 0 Å². The predicted molar refractivity (Wildman–Crippen MR) is 106 cm³/mol. The van der Waals surface area contributed by atoms with E-state index in [1.54, 1.807) is 17.4 Å². The van der Waals surface area contributed by atoms with Crippen molar-refractivity contribution < 1.29 is 4.79 Å². The van der Waals surface area contributed by atoms with Crippen LogP contribution in [0.4, 0.5) is 5.69 Å². The highest BCUT2D eigenvalue weighted by molar-refractivity contribution is 7.09. The van der Waals surface area contributed by atoms with Crippen LogP contribution in [0.15, 0.2) is 35.7 Å². The molecular formula is C17H23Cl2N3OS. The van der Waals surface area contributed by atoms with Gasteiger partial charge in [-0.05, 0) is 36.1 Å². The van der Waals surface area contributed by atoms with Crippen LogP contribution in [-0.2, 0) is 6.54 Å². The van der Waals surface area contributed by atoms with Gasteiger partial charge in [0.05, 0.1) is 0 Å². The minimum atomic E-state index is 0. The van der Waals surface area contributed by atoms with Crippen molar-refractivity contribution in [2.75, 3.05) is 31.9 Å². The summed E-state index contributed by atoms with van der Waals surface area (Å²) in [4.78, 5) is 18.4. The lowest BCUT2D eigenvalue weighted by molar-refractivity contribution is 0.0629. The second-order valence-electron chi connectivity index (χ2n) is 5.72. The molecule has 0 bridgehead atoms.